The second kappa shape index (κ2) is 7.30. The Morgan fingerprint density at radius 2 is 2.07 bits per heavy atom. The lowest BCUT2D eigenvalue weighted by Gasteiger charge is -2.36. The zero-order valence-electron chi connectivity index (χ0n) is 15.6. The Morgan fingerprint density at radius 3 is 2.90 bits per heavy atom. The molecule has 0 spiro atoms. The molecule has 4 heterocycles. The lowest BCUT2D eigenvalue weighted by molar-refractivity contribution is -0.118. The van der Waals surface area contributed by atoms with E-state index in [9.17, 15) is 4.79 Å². The summed E-state index contributed by atoms with van der Waals surface area (Å²) < 4.78 is 6.41. The molecule has 0 bridgehead atoms. The first kappa shape index (κ1) is 17.8. The molecule has 146 valence electrons. The Bertz CT molecular complexity index is 1170. The lowest BCUT2D eigenvalue weighted by atomic mass is 10.0. The third kappa shape index (κ3) is 3.71. The Balaban J connectivity index is 1.15. The maximum atomic E-state index is 12.3. The number of anilines is 1. The first-order valence-electron chi connectivity index (χ1n) is 9.14. The van der Waals surface area contributed by atoms with Gasteiger partial charge in [0.05, 0.1) is 22.7 Å². The molecule has 29 heavy (non-hydrogen) atoms. The second-order valence-electron chi connectivity index (χ2n) is 6.96. The van der Waals surface area contributed by atoms with E-state index in [-0.39, 0.29) is 11.8 Å². The molecule has 1 N–H and O–H groups in total. The molecular formula is C19H17N7O2S. The van der Waals surface area contributed by atoms with Gasteiger partial charge in [0.15, 0.2) is 5.13 Å². The fourth-order valence-corrected chi connectivity index (χ4v) is 4.19. The summed E-state index contributed by atoms with van der Waals surface area (Å²) in [5.41, 5.74) is 2.07. The number of hydrogen-bond donors (Lipinski definition) is 1. The van der Waals surface area contributed by atoms with Gasteiger partial charge in [-0.1, -0.05) is 22.6 Å². The van der Waals surface area contributed by atoms with Crippen LogP contribution >= 0.6 is 11.3 Å². The highest BCUT2D eigenvalue weighted by atomic mass is 32.1. The largest absolute Gasteiger partial charge is 0.338 e. The quantitative estimate of drug-likeness (QED) is 0.537. The summed E-state index contributed by atoms with van der Waals surface area (Å²) in [5.74, 6) is 1.39. The van der Waals surface area contributed by atoms with E-state index in [4.69, 9.17) is 4.52 Å². The summed E-state index contributed by atoms with van der Waals surface area (Å²) in [6, 6.07) is 7.78. The first-order valence-corrected chi connectivity index (χ1v) is 9.96. The Kier molecular flexibility index (Phi) is 4.49. The second-order valence-corrected chi connectivity index (χ2v) is 7.99. The van der Waals surface area contributed by atoms with Gasteiger partial charge < -0.3 is 9.84 Å². The van der Waals surface area contributed by atoms with Crippen LogP contribution in [0.15, 0.2) is 41.2 Å². The van der Waals surface area contributed by atoms with Crippen LogP contribution in [-0.2, 0) is 4.79 Å². The number of nitrogens with zero attached hydrogens (tertiary/aromatic N) is 6. The number of rotatable bonds is 5. The van der Waals surface area contributed by atoms with Crippen LogP contribution in [0.4, 0.5) is 5.13 Å². The summed E-state index contributed by atoms with van der Waals surface area (Å²) in [4.78, 5) is 31.4. The first-order chi connectivity index (χ1) is 14.1. The van der Waals surface area contributed by atoms with Crippen LogP contribution in [0.25, 0.3) is 21.9 Å². The highest BCUT2D eigenvalue weighted by Gasteiger charge is 2.34. The molecule has 0 radical (unpaired) electrons. The van der Waals surface area contributed by atoms with Crippen molar-refractivity contribution in [1.29, 1.82) is 0 Å². The third-order valence-electron chi connectivity index (χ3n) is 4.67. The Hall–Kier alpha value is -3.24. The summed E-state index contributed by atoms with van der Waals surface area (Å²) in [6.45, 7) is 3.71. The number of aryl methyl sites for hydroxylation is 1. The number of benzene rings is 1. The molecule has 0 aliphatic carbocycles. The average Bonchev–Trinajstić information content (AvgIpc) is 3.31. The summed E-state index contributed by atoms with van der Waals surface area (Å²) >= 11 is 1.48. The number of fused-ring (bicyclic) bond motifs is 1. The van der Waals surface area contributed by atoms with Crippen molar-refractivity contribution in [3.8, 4) is 11.6 Å². The topological polar surface area (TPSA) is 110 Å². The van der Waals surface area contributed by atoms with Gasteiger partial charge in [0.2, 0.25) is 23.4 Å². The van der Waals surface area contributed by atoms with Gasteiger partial charge in [-0.2, -0.15) is 4.98 Å². The van der Waals surface area contributed by atoms with Crippen molar-refractivity contribution in [2.45, 2.75) is 12.8 Å². The number of thiazole rings is 1. The zero-order valence-corrected chi connectivity index (χ0v) is 16.4. The molecular weight excluding hydrogens is 390 g/mol. The van der Waals surface area contributed by atoms with Gasteiger partial charge in [0.25, 0.3) is 0 Å². The van der Waals surface area contributed by atoms with Crippen molar-refractivity contribution in [3.05, 3.63) is 48.1 Å². The molecule has 0 unspecified atom stereocenters. The van der Waals surface area contributed by atoms with Gasteiger partial charge in [-0.25, -0.2) is 15.0 Å². The fourth-order valence-electron chi connectivity index (χ4n) is 3.21. The van der Waals surface area contributed by atoms with Gasteiger partial charge in [-0.15, -0.1) is 0 Å². The summed E-state index contributed by atoms with van der Waals surface area (Å²) in [5, 5.41) is 7.45. The molecule has 1 saturated heterocycles. The predicted molar refractivity (Wildman–Crippen MR) is 107 cm³/mol. The minimum Gasteiger partial charge on any atom is -0.338 e. The fraction of sp³-hybridized carbons (Fsp3) is 0.263. The van der Waals surface area contributed by atoms with Gasteiger partial charge in [0, 0.05) is 25.5 Å². The van der Waals surface area contributed by atoms with Crippen LogP contribution in [0.2, 0.25) is 0 Å². The van der Waals surface area contributed by atoms with E-state index in [1.807, 2.05) is 24.0 Å². The van der Waals surface area contributed by atoms with Gasteiger partial charge in [0.1, 0.15) is 0 Å². The number of carbonyl (C=O) groups excluding carboxylic acids is 1. The highest BCUT2D eigenvalue weighted by molar-refractivity contribution is 7.22. The number of hydrogen-bond acceptors (Lipinski definition) is 9. The van der Waals surface area contributed by atoms with Crippen molar-refractivity contribution in [2.24, 2.45) is 0 Å². The summed E-state index contributed by atoms with van der Waals surface area (Å²) in [6.07, 6.45) is 3.27. The van der Waals surface area contributed by atoms with E-state index in [0.717, 1.165) is 10.2 Å². The van der Waals surface area contributed by atoms with Gasteiger partial charge in [-0.05, 0) is 30.7 Å². The third-order valence-corrected chi connectivity index (χ3v) is 5.61. The van der Waals surface area contributed by atoms with E-state index in [2.05, 4.69) is 36.5 Å². The van der Waals surface area contributed by atoms with E-state index < -0.39 is 0 Å². The molecule has 0 saturated carbocycles. The highest BCUT2D eigenvalue weighted by Crippen LogP contribution is 2.28. The van der Waals surface area contributed by atoms with Crippen molar-refractivity contribution < 1.29 is 9.32 Å². The van der Waals surface area contributed by atoms with Crippen LogP contribution in [-0.4, -0.2) is 55.5 Å². The number of likely N-dealkylation sites (tertiary alicyclic amines) is 1. The van der Waals surface area contributed by atoms with E-state index in [1.165, 1.54) is 16.9 Å². The molecule has 1 fully saturated rings. The molecule has 1 aliphatic heterocycles. The van der Waals surface area contributed by atoms with Gasteiger partial charge >= 0.3 is 0 Å². The van der Waals surface area contributed by atoms with Crippen molar-refractivity contribution in [3.63, 3.8) is 0 Å². The average molecular weight is 407 g/mol. The van der Waals surface area contributed by atoms with Crippen molar-refractivity contribution in [1.82, 2.24) is 30.0 Å². The van der Waals surface area contributed by atoms with Crippen molar-refractivity contribution in [2.75, 3.05) is 25.0 Å². The molecule has 0 atom stereocenters. The molecule has 1 aliphatic rings. The molecule has 9 nitrogen and oxygen atoms in total. The minimum absolute atomic E-state index is 0.0804. The van der Waals surface area contributed by atoms with Crippen LogP contribution < -0.4 is 5.32 Å². The van der Waals surface area contributed by atoms with Crippen LogP contribution in [0.5, 0.6) is 0 Å². The molecule has 1 aromatic carbocycles. The summed E-state index contributed by atoms with van der Waals surface area (Å²) in [7, 11) is 0. The smallest absolute Gasteiger partial charge is 0.240 e. The predicted octanol–water partition coefficient (Wildman–Crippen LogP) is 2.48. The monoisotopic (exact) mass is 407 g/mol. The molecule has 4 aromatic rings. The van der Waals surface area contributed by atoms with E-state index >= 15 is 0 Å². The minimum atomic E-state index is -0.0804. The Labute approximate surface area is 169 Å². The number of amides is 1. The number of nitrogens with one attached hydrogen (secondary N) is 1. The van der Waals surface area contributed by atoms with Crippen LogP contribution in [0.1, 0.15) is 17.4 Å². The molecule has 10 heteroatoms. The van der Waals surface area contributed by atoms with Gasteiger partial charge in [-0.3, -0.25) is 9.69 Å². The van der Waals surface area contributed by atoms with Crippen LogP contribution in [0.3, 0.4) is 0 Å². The van der Waals surface area contributed by atoms with Crippen LogP contribution in [0, 0.1) is 6.92 Å². The normalized spacial score (nSPS) is 14.8. The Morgan fingerprint density at radius 1 is 1.24 bits per heavy atom. The zero-order chi connectivity index (χ0) is 19.8. The lowest BCUT2D eigenvalue weighted by Crippen LogP contribution is -2.48. The maximum absolute atomic E-state index is 12.3. The molecule has 3 aromatic heterocycles. The van der Waals surface area contributed by atoms with E-state index in [1.54, 1.807) is 18.5 Å². The number of carbonyl (C=O) groups is 1. The maximum Gasteiger partial charge on any atom is 0.240 e. The molecule has 5 rings (SSSR count). The van der Waals surface area contributed by atoms with E-state index in [0.29, 0.717) is 42.3 Å². The van der Waals surface area contributed by atoms with Crippen molar-refractivity contribution >= 4 is 32.6 Å². The standard InChI is InChI=1S/C19H17N7O2S/c1-11-3-4-13-14(7-11)29-19(22-13)23-15(27)10-26-8-12(9-26)18-24-17(25-28-18)16-20-5-2-6-21-16/h2-7,12H,8-10H2,1H3,(H,22,23,27). The SMILES string of the molecule is Cc1ccc2nc(NC(=O)CN3CC(c4nc(-c5ncccn5)no4)C3)sc2c1. The number of aromatic nitrogens is 5. The molecule has 1 amide bonds.